The molecule has 7 heteroatoms. The minimum absolute atomic E-state index is 0.0229. The van der Waals surface area contributed by atoms with Crippen molar-refractivity contribution in [3.63, 3.8) is 0 Å². The van der Waals surface area contributed by atoms with E-state index in [0.29, 0.717) is 24.8 Å². The molecule has 0 bridgehead atoms. The van der Waals surface area contributed by atoms with Crippen molar-refractivity contribution in [1.29, 1.82) is 0 Å². The molecule has 0 spiro atoms. The fourth-order valence-corrected chi connectivity index (χ4v) is 3.37. The number of aryl methyl sites for hydroxylation is 1. The summed E-state index contributed by atoms with van der Waals surface area (Å²) in [5, 5.41) is 0. The molecule has 7 nitrogen and oxygen atoms in total. The Bertz CT molecular complexity index is 862. The van der Waals surface area contributed by atoms with Crippen LogP contribution in [-0.4, -0.2) is 60.3 Å². The Morgan fingerprint density at radius 1 is 1.19 bits per heavy atom. The second-order valence-electron chi connectivity index (χ2n) is 7.29. The summed E-state index contributed by atoms with van der Waals surface area (Å²) in [5.74, 6) is 1.45. The molecule has 3 rings (SSSR count). The highest BCUT2D eigenvalue weighted by molar-refractivity contribution is 5.66. The number of fused-ring (bicyclic) bond motifs is 1. The maximum Gasteiger partial charge on any atom is 0.259 e. The Labute approximate surface area is 160 Å². The third-order valence-electron chi connectivity index (χ3n) is 5.00. The van der Waals surface area contributed by atoms with Crippen LogP contribution >= 0.6 is 0 Å². The predicted octanol–water partition coefficient (Wildman–Crippen LogP) is 2.19. The maximum absolute atomic E-state index is 12.9. The Kier molecular flexibility index (Phi) is 5.82. The van der Waals surface area contributed by atoms with Crippen LogP contribution < -0.4 is 15.2 Å². The van der Waals surface area contributed by atoms with E-state index in [1.807, 2.05) is 38.1 Å². The molecule has 0 N–H and O–H groups in total. The van der Waals surface area contributed by atoms with Crippen LogP contribution in [0.5, 0.6) is 5.75 Å². The van der Waals surface area contributed by atoms with Gasteiger partial charge in [-0.3, -0.25) is 19.2 Å². The number of rotatable bonds is 6. The summed E-state index contributed by atoms with van der Waals surface area (Å²) < 4.78 is 7.34. The summed E-state index contributed by atoms with van der Waals surface area (Å²) in [7, 11) is 5.82. The van der Waals surface area contributed by atoms with Gasteiger partial charge in [0.05, 0.1) is 26.1 Å². The molecule has 0 aliphatic carbocycles. The van der Waals surface area contributed by atoms with Gasteiger partial charge in [0.2, 0.25) is 5.95 Å². The van der Waals surface area contributed by atoms with E-state index in [2.05, 4.69) is 28.8 Å². The van der Waals surface area contributed by atoms with Crippen molar-refractivity contribution in [2.24, 2.45) is 0 Å². The summed E-state index contributed by atoms with van der Waals surface area (Å²) in [6.07, 6.45) is 1.04. The van der Waals surface area contributed by atoms with Crippen LogP contribution in [0.1, 0.15) is 17.7 Å². The quantitative estimate of drug-likeness (QED) is 0.776. The van der Waals surface area contributed by atoms with Gasteiger partial charge < -0.3 is 9.64 Å². The molecule has 0 fully saturated rings. The van der Waals surface area contributed by atoms with Crippen molar-refractivity contribution >= 4 is 11.6 Å². The summed E-state index contributed by atoms with van der Waals surface area (Å²) in [6, 6.07) is 7.87. The van der Waals surface area contributed by atoms with Crippen LogP contribution in [0.2, 0.25) is 0 Å². The fraction of sp³-hybridized carbons (Fsp3) is 0.500. The Morgan fingerprint density at radius 2 is 1.93 bits per heavy atom. The summed E-state index contributed by atoms with van der Waals surface area (Å²) >= 11 is 0. The zero-order valence-corrected chi connectivity index (χ0v) is 16.9. The standard InChI is InChI=1S/C20H29N5O2/c1-15-16(2)21-20-24(17-9-6-7-10-18(17)27-5)13-23(12-8-11-22(3)4)14-25(20)19(15)26/h6-7,9-10H,8,11-14H2,1-5H3. The Balaban J connectivity index is 2.02. The van der Waals surface area contributed by atoms with E-state index in [0.717, 1.165) is 36.6 Å². The first-order valence-corrected chi connectivity index (χ1v) is 9.28. The Hall–Kier alpha value is -2.38. The number of benzene rings is 1. The average molecular weight is 371 g/mol. The first kappa shape index (κ1) is 19.4. The second-order valence-corrected chi connectivity index (χ2v) is 7.29. The lowest BCUT2D eigenvalue weighted by Crippen LogP contribution is -2.48. The van der Waals surface area contributed by atoms with Crippen LogP contribution in [-0.2, 0) is 6.67 Å². The molecular weight excluding hydrogens is 342 g/mol. The van der Waals surface area contributed by atoms with E-state index in [1.165, 1.54) is 0 Å². The van der Waals surface area contributed by atoms with E-state index in [4.69, 9.17) is 9.72 Å². The smallest absolute Gasteiger partial charge is 0.259 e. The highest BCUT2D eigenvalue weighted by Crippen LogP contribution is 2.34. The molecule has 0 atom stereocenters. The van der Waals surface area contributed by atoms with Crippen LogP contribution in [0, 0.1) is 13.8 Å². The maximum atomic E-state index is 12.9. The SMILES string of the molecule is COc1ccccc1N1CN(CCCN(C)C)Cn2c1nc(C)c(C)c2=O. The van der Waals surface area contributed by atoms with Gasteiger partial charge >= 0.3 is 0 Å². The third-order valence-corrected chi connectivity index (χ3v) is 5.00. The molecule has 146 valence electrons. The fourth-order valence-electron chi connectivity index (χ4n) is 3.37. The molecule has 1 aliphatic rings. The highest BCUT2D eigenvalue weighted by atomic mass is 16.5. The van der Waals surface area contributed by atoms with E-state index in [1.54, 1.807) is 11.7 Å². The lowest BCUT2D eigenvalue weighted by molar-refractivity contribution is 0.188. The van der Waals surface area contributed by atoms with Crippen LogP contribution in [0.3, 0.4) is 0 Å². The lowest BCUT2D eigenvalue weighted by atomic mass is 10.2. The third kappa shape index (κ3) is 3.99. The van der Waals surface area contributed by atoms with Gasteiger partial charge in [-0.25, -0.2) is 4.98 Å². The zero-order valence-electron chi connectivity index (χ0n) is 16.9. The lowest BCUT2D eigenvalue weighted by Gasteiger charge is -2.38. The number of ether oxygens (including phenoxy) is 1. The van der Waals surface area contributed by atoms with Gasteiger partial charge in [0.1, 0.15) is 5.75 Å². The normalized spacial score (nSPS) is 14.5. The molecule has 2 heterocycles. The van der Waals surface area contributed by atoms with Gasteiger partial charge in [-0.15, -0.1) is 0 Å². The first-order valence-electron chi connectivity index (χ1n) is 9.28. The molecule has 27 heavy (non-hydrogen) atoms. The second kappa shape index (κ2) is 8.10. The van der Waals surface area contributed by atoms with E-state index in [9.17, 15) is 4.79 Å². The molecule has 1 aromatic carbocycles. The molecule has 2 aromatic rings. The first-order chi connectivity index (χ1) is 12.9. The molecule has 0 amide bonds. The van der Waals surface area contributed by atoms with Crippen molar-refractivity contribution in [2.75, 3.05) is 45.9 Å². The van der Waals surface area contributed by atoms with Gasteiger partial charge in [-0.1, -0.05) is 12.1 Å². The topological polar surface area (TPSA) is 53.8 Å². The van der Waals surface area contributed by atoms with Crippen LogP contribution in [0.4, 0.5) is 11.6 Å². The number of para-hydroxylation sites is 2. The van der Waals surface area contributed by atoms with Gasteiger partial charge in [0.25, 0.3) is 5.56 Å². The molecule has 0 saturated carbocycles. The minimum atomic E-state index is 0.0229. The van der Waals surface area contributed by atoms with Crippen molar-refractivity contribution in [1.82, 2.24) is 19.4 Å². The van der Waals surface area contributed by atoms with Gasteiger partial charge in [0, 0.05) is 17.8 Å². The molecular formula is C20H29N5O2. The van der Waals surface area contributed by atoms with E-state index in [-0.39, 0.29) is 5.56 Å². The van der Waals surface area contributed by atoms with Crippen molar-refractivity contribution in [2.45, 2.75) is 26.9 Å². The molecule has 0 unspecified atom stereocenters. The minimum Gasteiger partial charge on any atom is -0.495 e. The Morgan fingerprint density at radius 3 is 2.63 bits per heavy atom. The van der Waals surface area contributed by atoms with Gasteiger partial charge in [-0.2, -0.15) is 0 Å². The number of nitrogens with zero attached hydrogens (tertiary/aromatic N) is 5. The predicted molar refractivity (Wildman–Crippen MR) is 108 cm³/mol. The monoisotopic (exact) mass is 371 g/mol. The number of hydrogen-bond donors (Lipinski definition) is 0. The molecule has 0 saturated heterocycles. The zero-order chi connectivity index (χ0) is 19.6. The number of methoxy groups -OCH3 is 1. The van der Waals surface area contributed by atoms with Crippen molar-refractivity contribution in [3.8, 4) is 5.75 Å². The van der Waals surface area contributed by atoms with Crippen molar-refractivity contribution < 1.29 is 4.74 Å². The summed E-state index contributed by atoms with van der Waals surface area (Å²) in [6.45, 7) is 6.88. The number of hydrogen-bond acceptors (Lipinski definition) is 6. The number of anilines is 2. The van der Waals surface area contributed by atoms with Crippen molar-refractivity contribution in [3.05, 3.63) is 45.9 Å². The van der Waals surface area contributed by atoms with Crippen LogP contribution in [0.25, 0.3) is 0 Å². The molecule has 1 aromatic heterocycles. The highest BCUT2D eigenvalue weighted by Gasteiger charge is 2.28. The molecule has 0 radical (unpaired) electrons. The van der Waals surface area contributed by atoms with Gasteiger partial charge in [-0.05, 0) is 53.0 Å². The van der Waals surface area contributed by atoms with Crippen LogP contribution in [0.15, 0.2) is 29.1 Å². The average Bonchev–Trinajstić information content (AvgIpc) is 2.66. The van der Waals surface area contributed by atoms with E-state index < -0.39 is 0 Å². The van der Waals surface area contributed by atoms with E-state index >= 15 is 0 Å². The summed E-state index contributed by atoms with van der Waals surface area (Å²) in [5.41, 5.74) is 2.41. The summed E-state index contributed by atoms with van der Waals surface area (Å²) in [4.78, 5) is 24.2. The number of aromatic nitrogens is 2. The largest absolute Gasteiger partial charge is 0.495 e. The van der Waals surface area contributed by atoms with Gasteiger partial charge in [0.15, 0.2) is 0 Å². The molecule has 1 aliphatic heterocycles.